The van der Waals surface area contributed by atoms with Crippen molar-refractivity contribution in [2.24, 2.45) is 0 Å². The van der Waals surface area contributed by atoms with Gasteiger partial charge >= 0.3 is 6.09 Å². The molecule has 0 fully saturated rings. The lowest BCUT2D eigenvalue weighted by Gasteiger charge is -2.26. The van der Waals surface area contributed by atoms with E-state index in [1.54, 1.807) is 47.4 Å². The Morgan fingerprint density at radius 1 is 1.11 bits per heavy atom. The van der Waals surface area contributed by atoms with Crippen LogP contribution in [0.2, 0.25) is 0 Å². The summed E-state index contributed by atoms with van der Waals surface area (Å²) in [6.45, 7) is 7.08. The van der Waals surface area contributed by atoms with E-state index in [2.05, 4.69) is 11.4 Å². The van der Waals surface area contributed by atoms with E-state index in [9.17, 15) is 9.59 Å². The van der Waals surface area contributed by atoms with Gasteiger partial charge in [0.15, 0.2) is 0 Å². The molecule has 2 amide bonds. The average Bonchev–Trinajstić information content (AvgIpc) is 3.44. The van der Waals surface area contributed by atoms with Crippen molar-refractivity contribution < 1.29 is 19.1 Å². The van der Waals surface area contributed by atoms with Gasteiger partial charge in [-0.1, -0.05) is 12.1 Å². The van der Waals surface area contributed by atoms with Crippen molar-refractivity contribution in [2.75, 3.05) is 18.5 Å². The van der Waals surface area contributed by atoms with Gasteiger partial charge < -0.3 is 19.7 Å². The minimum atomic E-state index is -0.313. The fraction of sp³-hybridized carbons (Fsp3) is 0.296. The van der Waals surface area contributed by atoms with Gasteiger partial charge in [-0.3, -0.25) is 4.79 Å². The Bertz CT molecular complexity index is 1380. The van der Waals surface area contributed by atoms with E-state index >= 15 is 0 Å². The average molecular weight is 522 g/mol. The van der Waals surface area contributed by atoms with Gasteiger partial charge in [-0.15, -0.1) is 22.7 Å². The summed E-state index contributed by atoms with van der Waals surface area (Å²) in [5.41, 5.74) is 3.56. The number of benzene rings is 2. The molecule has 1 aliphatic heterocycles. The molecule has 0 saturated heterocycles. The van der Waals surface area contributed by atoms with Gasteiger partial charge in [-0.2, -0.15) is 0 Å². The van der Waals surface area contributed by atoms with Gasteiger partial charge in [0.05, 0.1) is 29.5 Å². The number of aromatic nitrogens is 1. The zero-order chi connectivity index (χ0) is 25.2. The molecule has 1 aliphatic rings. The maximum atomic E-state index is 13.2. The molecule has 1 N–H and O–H groups in total. The maximum absolute atomic E-state index is 13.2. The first-order chi connectivity index (χ1) is 17.4. The van der Waals surface area contributed by atoms with Crippen molar-refractivity contribution in [2.45, 2.75) is 39.8 Å². The first kappa shape index (κ1) is 24.3. The number of carbonyl (C=O) groups excluding carboxylic acids is 2. The molecule has 5 rings (SSSR count). The quantitative estimate of drug-likeness (QED) is 0.310. The Morgan fingerprint density at radius 2 is 1.89 bits per heavy atom. The maximum Gasteiger partial charge on any atom is 0.410 e. The highest BCUT2D eigenvalue weighted by Gasteiger charge is 2.30. The summed E-state index contributed by atoms with van der Waals surface area (Å²) in [5.74, 6) is 0.525. The molecular weight excluding hydrogens is 494 g/mol. The first-order valence-corrected chi connectivity index (χ1v) is 13.6. The molecule has 0 saturated carbocycles. The van der Waals surface area contributed by atoms with Gasteiger partial charge in [0.25, 0.3) is 5.91 Å². The number of ether oxygens (including phenoxy) is 2. The molecule has 4 aromatic rings. The number of para-hydroxylation sites is 1. The Balaban J connectivity index is 1.49. The summed E-state index contributed by atoms with van der Waals surface area (Å²) in [6, 6.07) is 15.2. The highest BCUT2D eigenvalue weighted by molar-refractivity contribution is 7.23. The van der Waals surface area contributed by atoms with E-state index in [0.29, 0.717) is 31.7 Å². The van der Waals surface area contributed by atoms with E-state index in [1.165, 1.54) is 11.3 Å². The smallest absolute Gasteiger partial charge is 0.410 e. The van der Waals surface area contributed by atoms with Crippen molar-refractivity contribution in [1.82, 2.24) is 9.88 Å². The molecule has 0 unspecified atom stereocenters. The summed E-state index contributed by atoms with van der Waals surface area (Å²) in [6.07, 6.45) is 0.424. The number of anilines is 1. The number of carbonyl (C=O) groups is 2. The number of hydrogen-bond acceptors (Lipinski definition) is 7. The van der Waals surface area contributed by atoms with Crippen LogP contribution < -0.4 is 10.1 Å². The zero-order valence-electron chi connectivity index (χ0n) is 20.4. The number of amides is 2. The minimum absolute atomic E-state index is 0.0626. The molecule has 186 valence electrons. The normalized spacial score (nSPS) is 13.1. The lowest BCUT2D eigenvalue weighted by Crippen LogP contribution is -2.35. The number of hydrogen-bond donors (Lipinski definition) is 1. The second kappa shape index (κ2) is 10.3. The SMILES string of the molecule is CCOC(=O)N1CCc2c(sc(NC(=O)c3ccc(OC(C)C)cc3)c2-c2nc3ccccc3s2)C1. The van der Waals surface area contributed by atoms with Crippen molar-refractivity contribution in [1.29, 1.82) is 0 Å². The summed E-state index contributed by atoms with van der Waals surface area (Å²) < 4.78 is 12.0. The van der Waals surface area contributed by atoms with Crippen LogP contribution in [0.25, 0.3) is 20.8 Å². The van der Waals surface area contributed by atoms with Gasteiger partial charge in [0.1, 0.15) is 15.8 Å². The zero-order valence-corrected chi connectivity index (χ0v) is 22.0. The van der Waals surface area contributed by atoms with Crippen molar-refractivity contribution in [3.8, 4) is 16.3 Å². The van der Waals surface area contributed by atoms with Gasteiger partial charge in [-0.05, 0) is 69.2 Å². The first-order valence-electron chi connectivity index (χ1n) is 11.9. The lowest BCUT2D eigenvalue weighted by atomic mass is 10.0. The second-order valence-electron chi connectivity index (χ2n) is 8.71. The predicted molar refractivity (Wildman–Crippen MR) is 144 cm³/mol. The number of nitrogens with zero attached hydrogens (tertiary/aromatic N) is 2. The van der Waals surface area contributed by atoms with E-state index in [1.807, 2.05) is 32.0 Å². The van der Waals surface area contributed by atoms with Crippen molar-refractivity contribution in [3.05, 3.63) is 64.5 Å². The largest absolute Gasteiger partial charge is 0.491 e. The summed E-state index contributed by atoms with van der Waals surface area (Å²) in [7, 11) is 0. The van der Waals surface area contributed by atoms with Crippen molar-refractivity contribution in [3.63, 3.8) is 0 Å². The van der Waals surface area contributed by atoms with Crippen LogP contribution in [0.4, 0.5) is 9.80 Å². The van der Waals surface area contributed by atoms with E-state index < -0.39 is 0 Å². The lowest BCUT2D eigenvalue weighted by molar-refractivity contribution is 0.102. The molecule has 0 aliphatic carbocycles. The molecule has 0 atom stereocenters. The number of rotatable bonds is 6. The standard InChI is InChI=1S/C27H27N3O4S2/c1-4-33-27(32)30-14-13-19-22(15-30)36-26(23(19)25-28-20-7-5-6-8-21(20)35-25)29-24(31)17-9-11-18(12-10-17)34-16(2)3/h5-12,16H,4,13-15H2,1-3H3,(H,29,31). The van der Waals surface area contributed by atoms with Crippen molar-refractivity contribution >= 4 is 49.9 Å². The Hall–Kier alpha value is -3.43. The van der Waals surface area contributed by atoms with Crippen LogP contribution in [-0.2, 0) is 17.7 Å². The van der Waals surface area contributed by atoms with E-state index in [4.69, 9.17) is 14.5 Å². The minimum Gasteiger partial charge on any atom is -0.491 e. The molecule has 2 aromatic heterocycles. The second-order valence-corrected chi connectivity index (χ2v) is 10.8. The van der Waals surface area contributed by atoms with Gasteiger partial charge in [0, 0.05) is 22.5 Å². The molecule has 0 radical (unpaired) electrons. The van der Waals surface area contributed by atoms with Gasteiger partial charge in [0.2, 0.25) is 0 Å². The Kier molecular flexibility index (Phi) is 6.93. The molecule has 36 heavy (non-hydrogen) atoms. The fourth-order valence-electron chi connectivity index (χ4n) is 4.20. The number of thiazole rings is 1. The van der Waals surface area contributed by atoms with Crippen LogP contribution in [0.1, 0.15) is 41.6 Å². The van der Waals surface area contributed by atoms with Crippen LogP contribution >= 0.6 is 22.7 Å². The summed E-state index contributed by atoms with van der Waals surface area (Å²) >= 11 is 3.11. The number of fused-ring (bicyclic) bond motifs is 2. The third kappa shape index (κ3) is 4.94. The molecule has 0 bridgehead atoms. The summed E-state index contributed by atoms with van der Waals surface area (Å²) in [5, 5.41) is 4.74. The summed E-state index contributed by atoms with van der Waals surface area (Å²) in [4.78, 5) is 33.2. The number of thiophene rings is 1. The fourth-order valence-corrected chi connectivity index (χ4v) is 6.57. The molecule has 9 heteroatoms. The van der Waals surface area contributed by atoms with E-state index in [0.717, 1.165) is 42.0 Å². The molecule has 0 spiro atoms. The predicted octanol–water partition coefficient (Wildman–Crippen LogP) is 6.58. The van der Waals surface area contributed by atoms with Crippen LogP contribution in [0.15, 0.2) is 48.5 Å². The molecular formula is C27H27N3O4S2. The monoisotopic (exact) mass is 521 g/mol. The topological polar surface area (TPSA) is 80.8 Å². The van der Waals surface area contributed by atoms with Crippen LogP contribution in [0.5, 0.6) is 5.75 Å². The highest BCUT2D eigenvalue weighted by Crippen LogP contribution is 2.46. The van der Waals surface area contributed by atoms with Gasteiger partial charge in [-0.25, -0.2) is 9.78 Å². The van der Waals surface area contributed by atoms with Crippen LogP contribution in [-0.4, -0.2) is 41.1 Å². The third-order valence-corrected chi connectivity index (χ3v) is 7.99. The molecule has 7 nitrogen and oxygen atoms in total. The Morgan fingerprint density at radius 3 is 2.61 bits per heavy atom. The highest BCUT2D eigenvalue weighted by atomic mass is 32.1. The Labute approximate surface area is 217 Å². The number of nitrogens with one attached hydrogen (secondary N) is 1. The van der Waals surface area contributed by atoms with Crippen LogP contribution in [0.3, 0.4) is 0 Å². The third-order valence-electron chi connectivity index (χ3n) is 5.81. The molecule has 2 aromatic carbocycles. The van der Waals surface area contributed by atoms with E-state index in [-0.39, 0.29) is 18.1 Å². The van der Waals surface area contributed by atoms with Crippen LogP contribution in [0, 0.1) is 0 Å². The molecule has 3 heterocycles.